The van der Waals surface area contributed by atoms with Crippen LogP contribution >= 0.6 is 0 Å². The molecule has 112 valence electrons. The predicted molar refractivity (Wildman–Crippen MR) is 81.6 cm³/mol. The highest BCUT2D eigenvalue weighted by Gasteiger charge is 2.28. The second-order valence-electron chi connectivity index (χ2n) is 5.85. The van der Waals surface area contributed by atoms with Crippen LogP contribution in [-0.2, 0) is 4.74 Å². The second kappa shape index (κ2) is 5.66. The van der Waals surface area contributed by atoms with E-state index in [2.05, 4.69) is 14.8 Å². The van der Waals surface area contributed by atoms with Crippen molar-refractivity contribution in [2.24, 2.45) is 0 Å². The minimum atomic E-state index is 0.595. The first kappa shape index (κ1) is 13.1. The third-order valence-corrected chi connectivity index (χ3v) is 4.51. The molecule has 0 bridgehead atoms. The number of aromatic nitrogens is 1. The molecule has 1 aromatic heterocycles. The zero-order valence-electron chi connectivity index (χ0n) is 12.2. The Morgan fingerprint density at radius 2 is 1.95 bits per heavy atom. The molecule has 0 amide bonds. The first-order valence-corrected chi connectivity index (χ1v) is 7.82. The van der Waals surface area contributed by atoms with Gasteiger partial charge in [-0.3, -0.25) is 4.90 Å². The first-order chi connectivity index (χ1) is 10.4. The van der Waals surface area contributed by atoms with E-state index in [-0.39, 0.29) is 0 Å². The van der Waals surface area contributed by atoms with E-state index in [1.807, 2.05) is 24.3 Å². The molecule has 0 aliphatic carbocycles. The molecule has 4 rings (SSSR count). The number of piperidine rings is 1. The van der Waals surface area contributed by atoms with Gasteiger partial charge >= 0.3 is 0 Å². The molecule has 0 unspecified atom stereocenters. The van der Waals surface area contributed by atoms with Gasteiger partial charge in [0.1, 0.15) is 5.52 Å². The Balaban J connectivity index is 1.51. The van der Waals surface area contributed by atoms with Crippen molar-refractivity contribution in [1.29, 1.82) is 0 Å². The Morgan fingerprint density at radius 3 is 2.81 bits per heavy atom. The zero-order valence-corrected chi connectivity index (χ0v) is 12.2. The van der Waals surface area contributed by atoms with Crippen LogP contribution in [0.25, 0.3) is 11.1 Å². The van der Waals surface area contributed by atoms with E-state index >= 15 is 0 Å². The van der Waals surface area contributed by atoms with Gasteiger partial charge in [-0.05, 0) is 25.0 Å². The Bertz CT molecular complexity index is 573. The van der Waals surface area contributed by atoms with Crippen molar-refractivity contribution in [3.63, 3.8) is 0 Å². The Labute approximate surface area is 124 Å². The number of morpholine rings is 1. The van der Waals surface area contributed by atoms with Crippen molar-refractivity contribution in [3.05, 3.63) is 24.3 Å². The summed E-state index contributed by atoms with van der Waals surface area (Å²) >= 11 is 0. The molecular weight excluding hydrogens is 266 g/mol. The number of para-hydroxylation sites is 2. The van der Waals surface area contributed by atoms with Crippen LogP contribution in [0, 0.1) is 0 Å². The fourth-order valence-electron chi connectivity index (χ4n) is 3.36. The normalized spacial score (nSPS) is 24.6. The minimum Gasteiger partial charge on any atom is -0.423 e. The highest BCUT2D eigenvalue weighted by atomic mass is 16.5. The molecule has 2 saturated heterocycles. The van der Waals surface area contributed by atoms with Crippen molar-refractivity contribution in [3.8, 4) is 0 Å². The lowest BCUT2D eigenvalue weighted by Gasteiger charge is -2.40. The summed E-state index contributed by atoms with van der Waals surface area (Å²) in [6.07, 6.45) is 2.46. The van der Waals surface area contributed by atoms with E-state index in [1.54, 1.807) is 0 Å². The third-order valence-electron chi connectivity index (χ3n) is 4.51. The molecule has 0 N–H and O–H groups in total. The van der Waals surface area contributed by atoms with E-state index in [4.69, 9.17) is 9.15 Å². The number of fused-ring (bicyclic) bond motifs is 1. The molecule has 5 heteroatoms. The van der Waals surface area contributed by atoms with Crippen molar-refractivity contribution < 1.29 is 9.15 Å². The maximum Gasteiger partial charge on any atom is 0.298 e. The van der Waals surface area contributed by atoms with Gasteiger partial charge in [0.2, 0.25) is 0 Å². The molecule has 0 radical (unpaired) electrons. The van der Waals surface area contributed by atoms with Crippen LogP contribution in [0.15, 0.2) is 28.7 Å². The number of hydrogen-bond acceptors (Lipinski definition) is 5. The number of rotatable bonds is 2. The SMILES string of the molecule is c1ccc2oc(N3CCC[C@H](N4CCOCC4)C3)nc2c1. The van der Waals surface area contributed by atoms with Crippen LogP contribution < -0.4 is 4.90 Å². The molecule has 3 heterocycles. The third kappa shape index (κ3) is 2.63. The average molecular weight is 287 g/mol. The van der Waals surface area contributed by atoms with Crippen LogP contribution in [-0.4, -0.2) is 55.3 Å². The standard InChI is InChI=1S/C16H21N3O2/c1-2-6-15-14(5-1)17-16(21-15)19-7-3-4-13(12-19)18-8-10-20-11-9-18/h1-2,5-6,13H,3-4,7-12H2/t13-/m0/s1. The summed E-state index contributed by atoms with van der Waals surface area (Å²) in [4.78, 5) is 9.48. The molecule has 0 saturated carbocycles. The van der Waals surface area contributed by atoms with Gasteiger partial charge in [-0.25, -0.2) is 0 Å². The largest absolute Gasteiger partial charge is 0.423 e. The van der Waals surface area contributed by atoms with Crippen molar-refractivity contribution in [2.45, 2.75) is 18.9 Å². The smallest absolute Gasteiger partial charge is 0.298 e. The van der Waals surface area contributed by atoms with Crippen LogP contribution in [0.1, 0.15) is 12.8 Å². The summed E-state index contributed by atoms with van der Waals surface area (Å²) in [5.74, 6) is 0. The van der Waals surface area contributed by atoms with Gasteiger partial charge in [0, 0.05) is 32.2 Å². The summed E-state index contributed by atoms with van der Waals surface area (Å²) in [5.41, 5.74) is 1.82. The van der Waals surface area contributed by atoms with E-state index in [0.717, 1.165) is 56.5 Å². The number of nitrogens with zero attached hydrogens (tertiary/aromatic N) is 3. The van der Waals surface area contributed by atoms with Crippen LogP contribution in [0.3, 0.4) is 0 Å². The van der Waals surface area contributed by atoms with Gasteiger partial charge in [-0.1, -0.05) is 12.1 Å². The lowest BCUT2D eigenvalue weighted by molar-refractivity contribution is 0.0135. The maximum atomic E-state index is 5.91. The zero-order chi connectivity index (χ0) is 14.1. The molecule has 1 atom stereocenters. The summed E-state index contributed by atoms with van der Waals surface area (Å²) in [7, 11) is 0. The van der Waals surface area contributed by atoms with E-state index in [0.29, 0.717) is 6.04 Å². The van der Waals surface area contributed by atoms with E-state index in [9.17, 15) is 0 Å². The number of anilines is 1. The quantitative estimate of drug-likeness (QED) is 0.846. The molecule has 1 aromatic carbocycles. The molecule has 21 heavy (non-hydrogen) atoms. The Kier molecular flexibility index (Phi) is 3.53. The number of ether oxygens (including phenoxy) is 1. The molecule has 2 aliphatic heterocycles. The van der Waals surface area contributed by atoms with Crippen molar-refractivity contribution in [2.75, 3.05) is 44.3 Å². The lowest BCUT2D eigenvalue weighted by atomic mass is 10.0. The molecule has 2 fully saturated rings. The Hall–Kier alpha value is -1.59. The van der Waals surface area contributed by atoms with Gasteiger partial charge in [-0.15, -0.1) is 0 Å². The predicted octanol–water partition coefficient (Wildman–Crippen LogP) is 2.13. The van der Waals surface area contributed by atoms with Crippen LogP contribution in [0.5, 0.6) is 0 Å². The highest BCUT2D eigenvalue weighted by molar-refractivity contribution is 5.74. The fraction of sp³-hybridized carbons (Fsp3) is 0.562. The molecule has 5 nitrogen and oxygen atoms in total. The van der Waals surface area contributed by atoms with Crippen LogP contribution in [0.4, 0.5) is 6.01 Å². The molecular formula is C16H21N3O2. The average Bonchev–Trinajstić information content (AvgIpc) is 3.00. The fourth-order valence-corrected chi connectivity index (χ4v) is 3.36. The van der Waals surface area contributed by atoms with Gasteiger partial charge in [0.05, 0.1) is 13.2 Å². The van der Waals surface area contributed by atoms with Crippen LogP contribution in [0.2, 0.25) is 0 Å². The van der Waals surface area contributed by atoms with Gasteiger partial charge < -0.3 is 14.1 Å². The van der Waals surface area contributed by atoms with Crippen molar-refractivity contribution >= 4 is 17.1 Å². The topological polar surface area (TPSA) is 41.7 Å². The number of hydrogen-bond donors (Lipinski definition) is 0. The summed E-state index contributed by atoms with van der Waals surface area (Å²) < 4.78 is 11.4. The molecule has 2 aromatic rings. The maximum absolute atomic E-state index is 5.91. The first-order valence-electron chi connectivity index (χ1n) is 7.82. The summed E-state index contributed by atoms with van der Waals surface area (Å²) in [5, 5.41) is 0. The van der Waals surface area contributed by atoms with Gasteiger partial charge in [0.15, 0.2) is 5.58 Å². The second-order valence-corrected chi connectivity index (χ2v) is 5.85. The lowest BCUT2D eigenvalue weighted by Crippen LogP contribution is -2.51. The number of benzene rings is 1. The Morgan fingerprint density at radius 1 is 1.10 bits per heavy atom. The monoisotopic (exact) mass is 287 g/mol. The highest BCUT2D eigenvalue weighted by Crippen LogP contribution is 2.26. The van der Waals surface area contributed by atoms with Crippen molar-refractivity contribution in [1.82, 2.24) is 9.88 Å². The number of oxazole rings is 1. The summed E-state index contributed by atoms with van der Waals surface area (Å²) in [6.45, 7) is 5.86. The molecule has 2 aliphatic rings. The molecule has 0 spiro atoms. The van der Waals surface area contributed by atoms with Gasteiger partial charge in [-0.2, -0.15) is 4.98 Å². The van der Waals surface area contributed by atoms with E-state index in [1.165, 1.54) is 12.8 Å². The summed E-state index contributed by atoms with van der Waals surface area (Å²) in [6, 6.07) is 9.35. The van der Waals surface area contributed by atoms with E-state index < -0.39 is 0 Å². The minimum absolute atomic E-state index is 0.595. The van der Waals surface area contributed by atoms with Gasteiger partial charge in [0.25, 0.3) is 6.01 Å².